The number of hydrogen-bond donors (Lipinski definition) is 2. The van der Waals surface area contributed by atoms with E-state index in [0.29, 0.717) is 22.0 Å². The molecule has 0 radical (unpaired) electrons. The van der Waals surface area contributed by atoms with Gasteiger partial charge in [0.1, 0.15) is 5.02 Å². The van der Waals surface area contributed by atoms with Crippen LogP contribution in [0.2, 0.25) is 5.02 Å². The summed E-state index contributed by atoms with van der Waals surface area (Å²) in [7, 11) is 4.59. The Labute approximate surface area is 165 Å². The lowest BCUT2D eigenvalue weighted by molar-refractivity contribution is -0.122. The van der Waals surface area contributed by atoms with Crippen LogP contribution in [0.25, 0.3) is 10.9 Å². The molecule has 0 unspecified atom stereocenters. The van der Waals surface area contributed by atoms with E-state index >= 15 is 0 Å². The quantitative estimate of drug-likeness (QED) is 0.646. The van der Waals surface area contributed by atoms with Crippen molar-refractivity contribution in [1.29, 1.82) is 0 Å². The van der Waals surface area contributed by atoms with Gasteiger partial charge >= 0.3 is 6.01 Å². The van der Waals surface area contributed by atoms with Crippen molar-refractivity contribution in [2.45, 2.75) is 0 Å². The van der Waals surface area contributed by atoms with Crippen molar-refractivity contribution in [1.82, 2.24) is 19.9 Å². The first-order chi connectivity index (χ1) is 13.4. The van der Waals surface area contributed by atoms with E-state index < -0.39 is 0 Å². The Hall–Kier alpha value is -3.33. The Morgan fingerprint density at radius 2 is 2.11 bits per heavy atom. The average Bonchev–Trinajstić information content (AvgIpc) is 2.70. The lowest BCUT2D eigenvalue weighted by atomic mass is 10.2. The third-order valence-corrected chi connectivity index (χ3v) is 4.27. The van der Waals surface area contributed by atoms with Gasteiger partial charge in [0, 0.05) is 25.2 Å². The van der Waals surface area contributed by atoms with E-state index in [1.165, 1.54) is 24.9 Å². The Bertz CT molecular complexity index is 1100. The van der Waals surface area contributed by atoms with Crippen LogP contribution in [0.3, 0.4) is 0 Å². The van der Waals surface area contributed by atoms with Gasteiger partial charge in [-0.05, 0) is 24.3 Å². The van der Waals surface area contributed by atoms with Gasteiger partial charge in [-0.1, -0.05) is 11.6 Å². The Balaban J connectivity index is 1.97. The zero-order valence-corrected chi connectivity index (χ0v) is 16.2. The summed E-state index contributed by atoms with van der Waals surface area (Å²) in [5.41, 5.74) is 1.06. The molecule has 2 N–H and O–H groups in total. The number of nitrogens with one attached hydrogen (secondary N) is 2. The van der Waals surface area contributed by atoms with Crippen LogP contribution >= 0.6 is 11.6 Å². The Morgan fingerprint density at radius 1 is 1.32 bits per heavy atom. The fourth-order valence-electron chi connectivity index (χ4n) is 2.52. The molecule has 2 aromatic heterocycles. The molecular weight excluding hydrogens is 386 g/mol. The lowest BCUT2D eigenvalue weighted by Crippen LogP contribution is -2.27. The number of hydrogen-bond acceptors (Lipinski definition) is 7. The maximum absolute atomic E-state index is 12.4. The molecule has 0 bridgehead atoms. The minimum Gasteiger partial charge on any atom is -0.478 e. The molecule has 0 aliphatic heterocycles. The largest absolute Gasteiger partial charge is 0.478 e. The van der Waals surface area contributed by atoms with Gasteiger partial charge in [0.05, 0.1) is 18.8 Å². The van der Waals surface area contributed by atoms with Crippen LogP contribution in [-0.4, -0.2) is 41.2 Å². The number of carbonyl (C=O) groups is 1. The molecule has 0 fully saturated rings. The molecular formula is C18H18ClN5O4. The third-order valence-electron chi connectivity index (χ3n) is 4.00. The van der Waals surface area contributed by atoms with Crippen molar-refractivity contribution in [3.05, 3.63) is 45.8 Å². The van der Waals surface area contributed by atoms with Gasteiger partial charge in [0.15, 0.2) is 18.2 Å². The van der Waals surface area contributed by atoms with Crippen LogP contribution in [0.5, 0.6) is 11.8 Å². The van der Waals surface area contributed by atoms with Crippen molar-refractivity contribution in [2.24, 2.45) is 7.05 Å². The number of fused-ring (bicyclic) bond motifs is 1. The number of rotatable bonds is 6. The highest BCUT2D eigenvalue weighted by Crippen LogP contribution is 2.27. The first kappa shape index (κ1) is 19.4. The summed E-state index contributed by atoms with van der Waals surface area (Å²) >= 11 is 6.13. The summed E-state index contributed by atoms with van der Waals surface area (Å²) < 4.78 is 11.8. The van der Waals surface area contributed by atoms with E-state index in [2.05, 4.69) is 20.6 Å². The molecule has 3 aromatic rings. The summed E-state index contributed by atoms with van der Waals surface area (Å²) in [4.78, 5) is 31.9. The molecule has 0 atom stereocenters. The van der Waals surface area contributed by atoms with Crippen LogP contribution in [0, 0.1) is 0 Å². The van der Waals surface area contributed by atoms with Crippen LogP contribution in [0.1, 0.15) is 0 Å². The molecule has 0 spiro atoms. The second-order valence-corrected chi connectivity index (χ2v) is 6.19. The molecule has 0 saturated carbocycles. The average molecular weight is 404 g/mol. The molecule has 0 aliphatic carbocycles. The number of benzene rings is 1. The van der Waals surface area contributed by atoms with Gasteiger partial charge in [0.2, 0.25) is 0 Å². The number of pyridine rings is 1. The number of methoxy groups -OCH3 is 1. The van der Waals surface area contributed by atoms with Gasteiger partial charge in [-0.2, -0.15) is 4.98 Å². The monoisotopic (exact) mass is 403 g/mol. The molecule has 3 rings (SSSR count). The van der Waals surface area contributed by atoms with E-state index in [0.717, 1.165) is 5.39 Å². The van der Waals surface area contributed by atoms with Gasteiger partial charge in [0.25, 0.3) is 11.5 Å². The SMILES string of the molecule is CNC(=O)COc1cc2cc(Nc3nc(OC)ncc3Cl)ccc2n(C)c1=O. The van der Waals surface area contributed by atoms with Crippen molar-refractivity contribution in [3.63, 3.8) is 0 Å². The van der Waals surface area contributed by atoms with Crippen molar-refractivity contribution >= 4 is 39.9 Å². The number of aryl methyl sites for hydroxylation is 1. The fraction of sp³-hybridized carbons (Fsp3) is 0.222. The fourth-order valence-corrected chi connectivity index (χ4v) is 2.66. The molecule has 10 heteroatoms. The minimum absolute atomic E-state index is 0.0810. The first-order valence-corrected chi connectivity index (χ1v) is 8.61. The zero-order chi connectivity index (χ0) is 20.3. The lowest BCUT2D eigenvalue weighted by Gasteiger charge is -2.12. The van der Waals surface area contributed by atoms with Crippen LogP contribution < -0.4 is 25.7 Å². The zero-order valence-electron chi connectivity index (χ0n) is 15.4. The highest BCUT2D eigenvalue weighted by Gasteiger charge is 2.11. The number of likely N-dealkylation sites (N-methyl/N-ethyl adjacent to an activating group) is 1. The number of amides is 1. The minimum atomic E-state index is -0.333. The second kappa shape index (κ2) is 8.13. The van der Waals surface area contributed by atoms with Crippen molar-refractivity contribution < 1.29 is 14.3 Å². The maximum atomic E-state index is 12.4. The van der Waals surface area contributed by atoms with E-state index in [4.69, 9.17) is 21.1 Å². The third kappa shape index (κ3) is 3.99. The molecule has 2 heterocycles. The number of ether oxygens (including phenoxy) is 2. The summed E-state index contributed by atoms with van der Waals surface area (Å²) in [6, 6.07) is 7.16. The van der Waals surface area contributed by atoms with Gasteiger partial charge in [-0.15, -0.1) is 0 Å². The second-order valence-electron chi connectivity index (χ2n) is 5.79. The number of halogens is 1. The Kier molecular flexibility index (Phi) is 5.65. The molecule has 0 saturated heterocycles. The summed E-state index contributed by atoms with van der Waals surface area (Å²) in [5, 5.41) is 6.60. The topological polar surface area (TPSA) is 107 Å². The predicted molar refractivity (Wildman–Crippen MR) is 106 cm³/mol. The standard InChI is InChI=1S/C18H18ClN5O4/c1-20-15(25)9-28-14-7-10-6-11(4-5-13(10)24(2)17(14)26)22-16-12(19)8-21-18(23-16)27-3/h4-8H,9H2,1-3H3,(H,20,25)(H,21,22,23). The summed E-state index contributed by atoms with van der Waals surface area (Å²) in [6.07, 6.45) is 1.44. The van der Waals surface area contributed by atoms with Gasteiger partial charge in [-0.25, -0.2) is 4.98 Å². The van der Waals surface area contributed by atoms with E-state index in [-0.39, 0.29) is 29.8 Å². The number of nitrogens with zero attached hydrogens (tertiary/aromatic N) is 3. The van der Waals surface area contributed by atoms with E-state index in [1.54, 1.807) is 25.2 Å². The highest BCUT2D eigenvalue weighted by atomic mass is 35.5. The van der Waals surface area contributed by atoms with Crippen LogP contribution in [-0.2, 0) is 11.8 Å². The number of anilines is 2. The first-order valence-electron chi connectivity index (χ1n) is 8.23. The summed E-state index contributed by atoms with van der Waals surface area (Å²) in [5.74, 6) is 0.135. The molecule has 9 nitrogen and oxygen atoms in total. The number of carbonyl (C=O) groups excluding carboxylic acids is 1. The molecule has 146 valence electrons. The number of aromatic nitrogens is 3. The highest BCUT2D eigenvalue weighted by molar-refractivity contribution is 6.32. The maximum Gasteiger partial charge on any atom is 0.318 e. The van der Waals surface area contributed by atoms with Crippen molar-refractivity contribution in [2.75, 3.05) is 26.1 Å². The smallest absolute Gasteiger partial charge is 0.318 e. The van der Waals surface area contributed by atoms with Gasteiger partial charge < -0.3 is 24.7 Å². The predicted octanol–water partition coefficient (Wildman–Crippen LogP) is 1.86. The Morgan fingerprint density at radius 3 is 2.82 bits per heavy atom. The normalized spacial score (nSPS) is 10.6. The van der Waals surface area contributed by atoms with E-state index in [1.807, 2.05) is 6.07 Å². The molecule has 1 aromatic carbocycles. The molecule has 1 amide bonds. The molecule has 28 heavy (non-hydrogen) atoms. The van der Waals surface area contributed by atoms with Gasteiger partial charge in [-0.3, -0.25) is 9.59 Å². The van der Waals surface area contributed by atoms with Crippen LogP contribution in [0.15, 0.2) is 35.3 Å². The molecule has 0 aliphatic rings. The van der Waals surface area contributed by atoms with E-state index in [9.17, 15) is 9.59 Å². The summed E-state index contributed by atoms with van der Waals surface area (Å²) in [6.45, 7) is -0.245. The van der Waals surface area contributed by atoms with Crippen molar-refractivity contribution in [3.8, 4) is 11.8 Å². The van der Waals surface area contributed by atoms with Crippen LogP contribution in [0.4, 0.5) is 11.5 Å².